The molecule has 1 N–H and O–H groups in total. The van der Waals surface area contributed by atoms with E-state index in [1.165, 1.54) is 16.3 Å². The van der Waals surface area contributed by atoms with Gasteiger partial charge < -0.3 is 5.32 Å². The zero-order chi connectivity index (χ0) is 11.1. The van der Waals surface area contributed by atoms with Gasteiger partial charge in [-0.1, -0.05) is 18.2 Å². The number of carbonyl (C=O) groups excluding carboxylic acids is 1. The smallest absolute Gasteiger partial charge is 0.216 e. The Morgan fingerprint density at radius 3 is 3.00 bits per heavy atom. The molecule has 0 fully saturated rings. The highest BCUT2D eigenvalue weighted by atomic mass is 16.1. The van der Waals surface area contributed by atoms with Crippen LogP contribution in [0, 0.1) is 0 Å². The van der Waals surface area contributed by atoms with Crippen LogP contribution in [0.15, 0.2) is 30.5 Å². The van der Waals surface area contributed by atoms with Gasteiger partial charge in [0.05, 0.1) is 5.69 Å². The molecule has 1 aromatic heterocycles. The number of amides is 1. The molecule has 4 bridgehead atoms. The van der Waals surface area contributed by atoms with Gasteiger partial charge in [-0.15, -0.1) is 0 Å². The van der Waals surface area contributed by atoms with Gasteiger partial charge in [-0.3, -0.25) is 9.78 Å². The Bertz CT molecular complexity index is 534. The molecule has 1 aliphatic rings. The van der Waals surface area contributed by atoms with Gasteiger partial charge in [0.15, 0.2) is 0 Å². The minimum atomic E-state index is 0.00751. The van der Waals surface area contributed by atoms with Crippen molar-refractivity contribution in [1.29, 1.82) is 0 Å². The molecule has 1 atom stereocenters. The topological polar surface area (TPSA) is 42.0 Å². The predicted octanol–water partition coefficient (Wildman–Crippen LogP) is 1.82. The number of pyridine rings is 1. The van der Waals surface area contributed by atoms with Crippen LogP contribution < -0.4 is 5.32 Å². The number of carbonyl (C=O) groups is 1. The van der Waals surface area contributed by atoms with Crippen molar-refractivity contribution in [2.24, 2.45) is 0 Å². The third kappa shape index (κ3) is 1.21. The van der Waals surface area contributed by atoms with Crippen molar-refractivity contribution in [3.8, 4) is 0 Å². The molecule has 1 unspecified atom stereocenters. The summed E-state index contributed by atoms with van der Waals surface area (Å²) in [5.41, 5.74) is 2.37. The lowest BCUT2D eigenvalue weighted by molar-refractivity contribution is -0.118. The standard InChI is InChI=1S/C13H12N2O/c1-8(16)15-7-12-9-3-2-4-11-10(9)5-6-14-13(11)12/h2-6,12H,7H2,1H3,(H,15,16). The molecule has 16 heavy (non-hydrogen) atoms. The third-order valence-corrected chi connectivity index (χ3v) is 3.13. The van der Waals surface area contributed by atoms with E-state index in [2.05, 4.69) is 28.5 Å². The molecule has 1 heterocycles. The summed E-state index contributed by atoms with van der Waals surface area (Å²) in [6, 6.07) is 8.30. The molecule has 0 aliphatic heterocycles. The average molecular weight is 212 g/mol. The first-order valence-corrected chi connectivity index (χ1v) is 5.39. The number of nitrogens with zero attached hydrogens (tertiary/aromatic N) is 1. The van der Waals surface area contributed by atoms with Gasteiger partial charge in [-0.2, -0.15) is 0 Å². The number of rotatable bonds is 2. The molecule has 1 aliphatic carbocycles. The van der Waals surface area contributed by atoms with Crippen molar-refractivity contribution >= 4 is 16.7 Å². The summed E-state index contributed by atoms with van der Waals surface area (Å²) in [6.07, 6.45) is 1.84. The number of nitrogens with one attached hydrogen (secondary N) is 1. The Labute approximate surface area is 93.5 Å². The maximum atomic E-state index is 11.0. The lowest BCUT2D eigenvalue weighted by Crippen LogP contribution is -2.25. The highest BCUT2D eigenvalue weighted by Gasteiger charge is 2.26. The SMILES string of the molecule is CC(=O)NCC1c2cccc3c1nccc23. The number of aromatic nitrogens is 1. The summed E-state index contributed by atoms with van der Waals surface area (Å²) in [5, 5.41) is 5.35. The molecule has 0 saturated carbocycles. The fourth-order valence-electron chi connectivity index (χ4n) is 2.44. The van der Waals surface area contributed by atoms with Gasteiger partial charge in [0.25, 0.3) is 0 Å². The quantitative estimate of drug-likeness (QED) is 0.825. The Balaban J connectivity index is 2.05. The van der Waals surface area contributed by atoms with Gasteiger partial charge in [-0.25, -0.2) is 0 Å². The molecule has 2 aromatic rings. The molecule has 0 saturated heterocycles. The summed E-state index contributed by atoms with van der Waals surface area (Å²) < 4.78 is 0. The van der Waals surface area contributed by atoms with E-state index < -0.39 is 0 Å². The van der Waals surface area contributed by atoms with E-state index in [4.69, 9.17) is 0 Å². The van der Waals surface area contributed by atoms with Crippen LogP contribution in [0.1, 0.15) is 24.1 Å². The first-order valence-electron chi connectivity index (χ1n) is 5.39. The van der Waals surface area contributed by atoms with E-state index in [1.807, 2.05) is 12.3 Å². The van der Waals surface area contributed by atoms with E-state index >= 15 is 0 Å². The van der Waals surface area contributed by atoms with Crippen LogP contribution in [0.2, 0.25) is 0 Å². The second-order valence-corrected chi connectivity index (χ2v) is 4.13. The molecule has 3 nitrogen and oxygen atoms in total. The molecule has 3 heteroatoms. The van der Waals surface area contributed by atoms with Crippen LogP contribution in [-0.4, -0.2) is 17.4 Å². The zero-order valence-electron chi connectivity index (χ0n) is 9.03. The zero-order valence-corrected chi connectivity index (χ0v) is 9.03. The molecule has 3 rings (SSSR count). The molecule has 0 spiro atoms. The summed E-state index contributed by atoms with van der Waals surface area (Å²) in [7, 11) is 0. The highest BCUT2D eigenvalue weighted by molar-refractivity contribution is 5.93. The third-order valence-electron chi connectivity index (χ3n) is 3.13. The monoisotopic (exact) mass is 212 g/mol. The lowest BCUT2D eigenvalue weighted by atomic mass is 10.0. The summed E-state index contributed by atoms with van der Waals surface area (Å²) in [5.74, 6) is 0.229. The largest absolute Gasteiger partial charge is 0.355 e. The highest BCUT2D eigenvalue weighted by Crippen LogP contribution is 2.39. The van der Waals surface area contributed by atoms with Crippen LogP contribution in [0.25, 0.3) is 10.8 Å². The minimum absolute atomic E-state index is 0.00751. The minimum Gasteiger partial charge on any atom is -0.355 e. The predicted molar refractivity (Wildman–Crippen MR) is 62.3 cm³/mol. The Hall–Kier alpha value is -1.90. The number of hydrogen-bond donors (Lipinski definition) is 1. The van der Waals surface area contributed by atoms with E-state index in [1.54, 1.807) is 6.92 Å². The van der Waals surface area contributed by atoms with Gasteiger partial charge in [0.2, 0.25) is 5.91 Å². The van der Waals surface area contributed by atoms with Gasteiger partial charge in [0.1, 0.15) is 0 Å². The van der Waals surface area contributed by atoms with E-state index in [-0.39, 0.29) is 11.8 Å². The number of hydrogen-bond acceptors (Lipinski definition) is 2. The maximum Gasteiger partial charge on any atom is 0.216 e. The Morgan fingerprint density at radius 2 is 2.25 bits per heavy atom. The van der Waals surface area contributed by atoms with Gasteiger partial charge in [0, 0.05) is 31.0 Å². The normalized spacial score (nSPS) is 16.9. The van der Waals surface area contributed by atoms with E-state index in [9.17, 15) is 4.79 Å². The average Bonchev–Trinajstić information content (AvgIpc) is 2.47. The van der Waals surface area contributed by atoms with Crippen molar-refractivity contribution in [2.45, 2.75) is 12.8 Å². The molecule has 1 amide bonds. The van der Waals surface area contributed by atoms with Crippen LogP contribution >= 0.6 is 0 Å². The van der Waals surface area contributed by atoms with E-state index in [0.717, 1.165) is 5.69 Å². The Kier molecular flexibility index (Phi) is 1.93. The molecule has 1 aromatic carbocycles. The van der Waals surface area contributed by atoms with Crippen molar-refractivity contribution in [1.82, 2.24) is 10.3 Å². The first kappa shape index (κ1) is 9.33. The summed E-state index contributed by atoms with van der Waals surface area (Å²) in [6.45, 7) is 2.18. The van der Waals surface area contributed by atoms with E-state index in [0.29, 0.717) is 6.54 Å². The van der Waals surface area contributed by atoms with Gasteiger partial charge >= 0.3 is 0 Å². The first-order chi connectivity index (χ1) is 7.77. The summed E-state index contributed by atoms with van der Waals surface area (Å²) in [4.78, 5) is 15.4. The van der Waals surface area contributed by atoms with Crippen molar-refractivity contribution in [3.63, 3.8) is 0 Å². The maximum absolute atomic E-state index is 11.0. The van der Waals surface area contributed by atoms with Crippen molar-refractivity contribution in [2.75, 3.05) is 6.54 Å². The van der Waals surface area contributed by atoms with Crippen LogP contribution in [0.5, 0.6) is 0 Å². The fourth-order valence-corrected chi connectivity index (χ4v) is 2.44. The molecule has 80 valence electrons. The van der Waals surface area contributed by atoms with Crippen LogP contribution in [-0.2, 0) is 4.79 Å². The second kappa shape index (κ2) is 3.30. The molecular weight excluding hydrogens is 200 g/mol. The Morgan fingerprint density at radius 1 is 1.38 bits per heavy atom. The van der Waals surface area contributed by atoms with Crippen LogP contribution in [0.3, 0.4) is 0 Å². The van der Waals surface area contributed by atoms with Crippen LogP contribution in [0.4, 0.5) is 0 Å². The fraction of sp³-hybridized carbons (Fsp3) is 0.231. The van der Waals surface area contributed by atoms with Crippen molar-refractivity contribution < 1.29 is 4.79 Å². The molecular formula is C13H12N2O. The second-order valence-electron chi connectivity index (χ2n) is 4.13. The number of benzene rings is 1. The van der Waals surface area contributed by atoms with Gasteiger partial charge in [-0.05, 0) is 17.0 Å². The lowest BCUT2D eigenvalue weighted by Gasteiger charge is -2.11. The molecule has 0 radical (unpaired) electrons. The summed E-state index contributed by atoms with van der Waals surface area (Å²) >= 11 is 0. The van der Waals surface area contributed by atoms with Crippen molar-refractivity contribution in [3.05, 3.63) is 41.7 Å².